The molecule has 0 aliphatic carbocycles. The third-order valence-electron chi connectivity index (χ3n) is 5.00. The van der Waals surface area contributed by atoms with E-state index >= 15 is 0 Å². The topological polar surface area (TPSA) is 78.9 Å². The van der Waals surface area contributed by atoms with E-state index in [-0.39, 0.29) is 19.7 Å². The predicted octanol–water partition coefficient (Wildman–Crippen LogP) is 3.96. The van der Waals surface area contributed by atoms with Crippen LogP contribution in [0.3, 0.4) is 0 Å². The highest BCUT2D eigenvalue weighted by Crippen LogP contribution is 2.37. The summed E-state index contributed by atoms with van der Waals surface area (Å²) in [7, 11) is 0. The molecule has 0 unspecified atom stereocenters. The lowest BCUT2D eigenvalue weighted by atomic mass is 9.71. The molecule has 8 heteroatoms. The summed E-state index contributed by atoms with van der Waals surface area (Å²) >= 11 is 0. The maximum Gasteiger partial charge on any atom is 0.425 e. The fraction of sp³-hybridized carbons (Fsp3) is 0.417. The molecule has 0 aliphatic rings. The van der Waals surface area contributed by atoms with Crippen LogP contribution in [0.5, 0.6) is 0 Å². The minimum absolute atomic E-state index is 0.0890. The van der Waals surface area contributed by atoms with Crippen molar-refractivity contribution in [2.75, 3.05) is 19.7 Å². The van der Waals surface area contributed by atoms with Crippen molar-refractivity contribution in [3.05, 3.63) is 71.3 Å². The smallest absolute Gasteiger partial charge is 0.425 e. The Hall–Kier alpha value is -2.84. The third kappa shape index (κ3) is 6.83. The number of nitrogens with zero attached hydrogens (tertiary/aromatic N) is 1. The molecule has 0 aromatic heterocycles. The molecule has 0 saturated carbocycles. The van der Waals surface area contributed by atoms with E-state index in [1.807, 2.05) is 0 Å². The standard InChI is InChI=1S/C24H30F2N2O4/c1-23(2,3)32-22(31)28(14-16-30)27-17-24(13-4-15-29,18-5-9-20(25)10-6-18)19-7-11-21(26)12-8-19/h5-12,16,27,29H,4,13-15,17H2,1-3H3. The Morgan fingerprint density at radius 1 is 1.03 bits per heavy atom. The van der Waals surface area contributed by atoms with Gasteiger partial charge in [-0.3, -0.25) is 0 Å². The van der Waals surface area contributed by atoms with Crippen LogP contribution >= 0.6 is 0 Å². The first-order valence-electron chi connectivity index (χ1n) is 10.4. The molecule has 0 spiro atoms. The highest BCUT2D eigenvalue weighted by Gasteiger charge is 2.35. The molecule has 1 amide bonds. The fourth-order valence-electron chi connectivity index (χ4n) is 3.49. The summed E-state index contributed by atoms with van der Waals surface area (Å²) in [6.45, 7) is 4.91. The van der Waals surface area contributed by atoms with Crippen LogP contribution in [-0.4, -0.2) is 47.8 Å². The highest BCUT2D eigenvalue weighted by atomic mass is 19.1. The number of hydrazine groups is 1. The molecule has 0 fully saturated rings. The number of rotatable bonds is 10. The average molecular weight is 449 g/mol. The normalized spacial score (nSPS) is 11.8. The Kier molecular flexibility index (Phi) is 8.86. The Bertz CT molecular complexity index is 835. The summed E-state index contributed by atoms with van der Waals surface area (Å²) in [5.74, 6) is -0.818. The van der Waals surface area contributed by atoms with Crippen LogP contribution in [0, 0.1) is 11.6 Å². The number of amides is 1. The first-order valence-corrected chi connectivity index (χ1v) is 10.4. The van der Waals surface area contributed by atoms with Crippen LogP contribution in [0.4, 0.5) is 13.6 Å². The maximum atomic E-state index is 13.6. The molecular formula is C24H30F2N2O4. The number of ether oxygens (including phenoxy) is 1. The first kappa shape index (κ1) is 25.4. The summed E-state index contributed by atoms with van der Waals surface area (Å²) in [5.41, 5.74) is 2.78. The molecular weight excluding hydrogens is 418 g/mol. The van der Waals surface area contributed by atoms with Gasteiger partial charge in [-0.25, -0.2) is 24.0 Å². The van der Waals surface area contributed by atoms with Crippen LogP contribution in [0.25, 0.3) is 0 Å². The summed E-state index contributed by atoms with van der Waals surface area (Å²) in [6.07, 6.45) is 0.661. The van der Waals surface area contributed by atoms with Crippen molar-refractivity contribution >= 4 is 12.4 Å². The number of aldehydes is 1. The summed E-state index contributed by atoms with van der Waals surface area (Å²) < 4.78 is 32.7. The van der Waals surface area contributed by atoms with E-state index in [9.17, 15) is 23.5 Å². The van der Waals surface area contributed by atoms with Gasteiger partial charge in [-0.2, -0.15) is 0 Å². The SMILES string of the molecule is CC(C)(C)OC(=O)N(CC=O)NCC(CCCO)(c1ccc(F)cc1)c1ccc(F)cc1. The van der Waals surface area contributed by atoms with Gasteiger partial charge >= 0.3 is 6.09 Å². The van der Waals surface area contributed by atoms with Gasteiger partial charge in [0.2, 0.25) is 0 Å². The molecule has 6 nitrogen and oxygen atoms in total. The van der Waals surface area contributed by atoms with Crippen molar-refractivity contribution in [1.82, 2.24) is 10.4 Å². The van der Waals surface area contributed by atoms with Crippen LogP contribution in [-0.2, 0) is 14.9 Å². The van der Waals surface area contributed by atoms with Gasteiger partial charge in [0.05, 0.1) is 6.54 Å². The second-order valence-corrected chi connectivity index (χ2v) is 8.52. The van der Waals surface area contributed by atoms with E-state index in [4.69, 9.17) is 4.74 Å². The van der Waals surface area contributed by atoms with E-state index in [1.54, 1.807) is 45.0 Å². The zero-order valence-corrected chi connectivity index (χ0v) is 18.6. The Morgan fingerprint density at radius 2 is 1.53 bits per heavy atom. The average Bonchev–Trinajstić information content (AvgIpc) is 2.73. The molecule has 32 heavy (non-hydrogen) atoms. The van der Waals surface area contributed by atoms with E-state index in [1.165, 1.54) is 24.3 Å². The zero-order chi connectivity index (χ0) is 23.8. The lowest BCUT2D eigenvalue weighted by Crippen LogP contribution is -2.51. The lowest BCUT2D eigenvalue weighted by molar-refractivity contribution is -0.109. The molecule has 2 aromatic rings. The highest BCUT2D eigenvalue weighted by molar-refractivity contribution is 5.71. The van der Waals surface area contributed by atoms with Gasteiger partial charge < -0.3 is 14.6 Å². The summed E-state index contributed by atoms with van der Waals surface area (Å²) in [4.78, 5) is 23.8. The second kappa shape index (κ2) is 11.2. The number of carbonyl (C=O) groups is 2. The third-order valence-corrected chi connectivity index (χ3v) is 5.00. The number of hydrogen-bond acceptors (Lipinski definition) is 5. The van der Waals surface area contributed by atoms with Crippen LogP contribution in [0.15, 0.2) is 48.5 Å². The molecule has 2 aromatic carbocycles. The van der Waals surface area contributed by atoms with Crippen LogP contribution < -0.4 is 5.43 Å². The van der Waals surface area contributed by atoms with Crippen LogP contribution in [0.2, 0.25) is 0 Å². The van der Waals surface area contributed by atoms with Crippen molar-refractivity contribution in [2.45, 2.75) is 44.6 Å². The molecule has 0 saturated heterocycles. The number of halogens is 2. The quantitative estimate of drug-likeness (QED) is 0.425. The van der Waals surface area contributed by atoms with Gasteiger partial charge in [0, 0.05) is 18.6 Å². The number of aliphatic hydroxyl groups excluding tert-OH is 1. The Labute approximate surface area is 187 Å². The Morgan fingerprint density at radius 3 is 1.94 bits per heavy atom. The number of carbonyl (C=O) groups excluding carboxylic acids is 2. The van der Waals surface area contributed by atoms with Crippen LogP contribution in [0.1, 0.15) is 44.7 Å². The minimum Gasteiger partial charge on any atom is -0.443 e. The van der Waals surface area contributed by atoms with Gasteiger partial charge in [0.15, 0.2) is 0 Å². The van der Waals surface area contributed by atoms with E-state index in [0.29, 0.717) is 30.3 Å². The molecule has 0 bridgehead atoms. The molecule has 174 valence electrons. The minimum atomic E-state index is -0.854. The predicted molar refractivity (Wildman–Crippen MR) is 117 cm³/mol. The van der Waals surface area contributed by atoms with E-state index < -0.39 is 28.7 Å². The van der Waals surface area contributed by atoms with Gasteiger partial charge in [-0.15, -0.1) is 0 Å². The molecule has 0 heterocycles. The monoisotopic (exact) mass is 448 g/mol. The van der Waals surface area contributed by atoms with Gasteiger partial charge in [0.1, 0.15) is 23.5 Å². The van der Waals surface area contributed by atoms with Gasteiger partial charge in [-0.1, -0.05) is 24.3 Å². The number of aliphatic hydroxyl groups is 1. The summed E-state index contributed by atoms with van der Waals surface area (Å²) in [5, 5.41) is 10.6. The van der Waals surface area contributed by atoms with Crippen molar-refractivity contribution in [2.24, 2.45) is 0 Å². The molecule has 0 aliphatic heterocycles. The number of nitrogens with one attached hydrogen (secondary N) is 1. The Balaban J connectivity index is 2.47. The van der Waals surface area contributed by atoms with Gasteiger partial charge in [-0.05, 0) is 69.0 Å². The molecule has 0 radical (unpaired) electrons. The fourth-order valence-corrected chi connectivity index (χ4v) is 3.49. The molecule has 2 N–H and O–H groups in total. The zero-order valence-electron chi connectivity index (χ0n) is 18.6. The van der Waals surface area contributed by atoms with E-state index in [2.05, 4.69) is 5.43 Å². The molecule has 2 rings (SSSR count). The van der Waals surface area contributed by atoms with Crippen molar-refractivity contribution < 1.29 is 28.2 Å². The van der Waals surface area contributed by atoms with Gasteiger partial charge in [0.25, 0.3) is 0 Å². The number of benzene rings is 2. The van der Waals surface area contributed by atoms with Crippen molar-refractivity contribution in [1.29, 1.82) is 0 Å². The largest absolute Gasteiger partial charge is 0.443 e. The molecule has 0 atom stereocenters. The van der Waals surface area contributed by atoms with E-state index in [0.717, 1.165) is 5.01 Å². The number of hydrogen-bond donors (Lipinski definition) is 2. The summed E-state index contributed by atoms with van der Waals surface area (Å²) in [6, 6.07) is 11.8. The maximum absolute atomic E-state index is 13.6. The lowest BCUT2D eigenvalue weighted by Gasteiger charge is -2.37. The first-order chi connectivity index (χ1) is 15.1. The van der Waals surface area contributed by atoms with Crippen molar-refractivity contribution in [3.63, 3.8) is 0 Å². The van der Waals surface area contributed by atoms with Crippen molar-refractivity contribution in [3.8, 4) is 0 Å². The second-order valence-electron chi connectivity index (χ2n) is 8.52.